The Morgan fingerprint density at radius 3 is 2.35 bits per heavy atom. The van der Waals surface area contributed by atoms with Gasteiger partial charge >= 0.3 is 0 Å². The highest BCUT2D eigenvalue weighted by molar-refractivity contribution is 7.89. The molecular formula is C16H23N3O3S. The van der Waals surface area contributed by atoms with Crippen LogP contribution >= 0.6 is 0 Å². The van der Waals surface area contributed by atoms with E-state index in [0.29, 0.717) is 18.5 Å². The summed E-state index contributed by atoms with van der Waals surface area (Å²) >= 11 is 0. The average molecular weight is 337 g/mol. The molecule has 0 amide bonds. The molecule has 3 rings (SSSR count). The zero-order valence-electron chi connectivity index (χ0n) is 13.4. The average Bonchev–Trinajstić information content (AvgIpc) is 3.15. The van der Waals surface area contributed by atoms with E-state index < -0.39 is 21.3 Å². The molecule has 7 heteroatoms. The summed E-state index contributed by atoms with van der Waals surface area (Å²) in [6.07, 6.45) is 1.31. The molecule has 2 fully saturated rings. The maximum Gasteiger partial charge on any atom is 0.220 e. The Labute approximate surface area is 137 Å². The van der Waals surface area contributed by atoms with E-state index in [-0.39, 0.29) is 17.9 Å². The van der Waals surface area contributed by atoms with Crippen molar-refractivity contribution >= 4 is 15.8 Å². The fraction of sp³-hybridized carbons (Fsp3) is 0.562. The monoisotopic (exact) mass is 337 g/mol. The number of hydrogen-bond acceptors (Lipinski definition) is 5. The predicted molar refractivity (Wildman–Crippen MR) is 88.4 cm³/mol. The molecule has 0 aromatic heterocycles. The first-order chi connectivity index (χ1) is 10.9. The van der Waals surface area contributed by atoms with Gasteiger partial charge in [0.05, 0.1) is 6.04 Å². The molecule has 6 nitrogen and oxygen atoms in total. The first-order valence-electron chi connectivity index (χ1n) is 8.04. The van der Waals surface area contributed by atoms with E-state index in [9.17, 15) is 13.2 Å². The van der Waals surface area contributed by atoms with Gasteiger partial charge in [0.1, 0.15) is 5.25 Å². The highest BCUT2D eigenvalue weighted by Crippen LogP contribution is 2.29. The van der Waals surface area contributed by atoms with Crippen molar-refractivity contribution in [3.63, 3.8) is 0 Å². The Balaban J connectivity index is 1.88. The van der Waals surface area contributed by atoms with Gasteiger partial charge in [0.15, 0.2) is 5.78 Å². The van der Waals surface area contributed by atoms with Crippen molar-refractivity contribution in [2.24, 2.45) is 0 Å². The largest absolute Gasteiger partial charge is 0.292 e. The van der Waals surface area contributed by atoms with Gasteiger partial charge in [-0.25, -0.2) is 8.42 Å². The van der Waals surface area contributed by atoms with E-state index in [1.54, 1.807) is 24.3 Å². The number of benzene rings is 1. The topological polar surface area (TPSA) is 78.5 Å². The molecule has 2 heterocycles. The molecule has 0 radical (unpaired) electrons. The van der Waals surface area contributed by atoms with Crippen LogP contribution in [0.2, 0.25) is 0 Å². The minimum Gasteiger partial charge on any atom is -0.292 e. The molecule has 0 spiro atoms. The highest BCUT2D eigenvalue weighted by atomic mass is 32.2. The van der Waals surface area contributed by atoms with Crippen LogP contribution in [0.3, 0.4) is 0 Å². The third kappa shape index (κ3) is 2.94. The molecule has 126 valence electrons. The lowest BCUT2D eigenvalue weighted by molar-refractivity contribution is 0.0917. The van der Waals surface area contributed by atoms with Crippen LogP contribution in [0.1, 0.15) is 37.0 Å². The minimum absolute atomic E-state index is 0.106. The lowest BCUT2D eigenvalue weighted by Gasteiger charge is -2.29. The Morgan fingerprint density at radius 1 is 1.13 bits per heavy atom. The molecule has 0 saturated carbocycles. The van der Waals surface area contributed by atoms with Crippen LogP contribution in [0, 0.1) is 0 Å². The number of sulfonamides is 1. The first kappa shape index (κ1) is 16.6. The van der Waals surface area contributed by atoms with Gasteiger partial charge in [-0.1, -0.05) is 30.3 Å². The van der Waals surface area contributed by atoms with Gasteiger partial charge in [-0.15, -0.1) is 0 Å². The van der Waals surface area contributed by atoms with Crippen molar-refractivity contribution in [3.05, 3.63) is 35.9 Å². The van der Waals surface area contributed by atoms with Gasteiger partial charge < -0.3 is 0 Å². The SMILES string of the molecule is CC1NNC(C)C1S(=O)(=O)N1CCCC1C(=O)c1ccccc1. The number of ketones is 1. The number of hydrogen-bond donors (Lipinski definition) is 2. The van der Waals surface area contributed by atoms with E-state index in [4.69, 9.17) is 0 Å². The van der Waals surface area contributed by atoms with Crippen molar-refractivity contribution in [1.29, 1.82) is 0 Å². The molecule has 3 atom stereocenters. The van der Waals surface area contributed by atoms with Gasteiger partial charge in [-0.05, 0) is 26.7 Å². The summed E-state index contributed by atoms with van der Waals surface area (Å²) in [5.74, 6) is -0.106. The van der Waals surface area contributed by atoms with Crippen LogP contribution in [0.25, 0.3) is 0 Å². The molecule has 3 unspecified atom stereocenters. The highest BCUT2D eigenvalue weighted by Gasteiger charge is 2.48. The van der Waals surface area contributed by atoms with Gasteiger partial charge in [-0.2, -0.15) is 4.31 Å². The zero-order valence-corrected chi connectivity index (χ0v) is 14.2. The summed E-state index contributed by atoms with van der Waals surface area (Å²) in [4.78, 5) is 12.7. The molecule has 1 aromatic rings. The van der Waals surface area contributed by atoms with Crippen LogP contribution < -0.4 is 10.9 Å². The zero-order chi connectivity index (χ0) is 16.6. The standard InChI is InChI=1S/C16H23N3O3S/c1-11-16(12(2)18-17-11)23(21,22)19-10-6-9-14(19)15(20)13-7-4-3-5-8-13/h3-5,7-8,11-12,14,16-18H,6,9-10H2,1-2H3. The Bertz CT molecular complexity index is 667. The van der Waals surface area contributed by atoms with Crippen molar-refractivity contribution in [2.45, 2.75) is 50.1 Å². The number of carbonyl (C=O) groups excluding carboxylic acids is 1. The van der Waals surface area contributed by atoms with Crippen LogP contribution in [-0.4, -0.2) is 48.4 Å². The number of hydrazine groups is 1. The minimum atomic E-state index is -3.55. The van der Waals surface area contributed by atoms with E-state index in [1.807, 2.05) is 19.9 Å². The van der Waals surface area contributed by atoms with Crippen molar-refractivity contribution in [1.82, 2.24) is 15.2 Å². The molecule has 2 aliphatic rings. The van der Waals surface area contributed by atoms with Gasteiger partial charge in [0.25, 0.3) is 0 Å². The predicted octanol–water partition coefficient (Wildman–Crippen LogP) is 0.917. The Kier molecular flexibility index (Phi) is 4.55. The number of carbonyl (C=O) groups is 1. The van der Waals surface area contributed by atoms with Gasteiger partial charge in [0, 0.05) is 24.2 Å². The summed E-state index contributed by atoms with van der Waals surface area (Å²) < 4.78 is 27.6. The summed E-state index contributed by atoms with van der Waals surface area (Å²) in [6.45, 7) is 4.12. The maximum absolute atomic E-state index is 13.1. The number of nitrogens with zero attached hydrogens (tertiary/aromatic N) is 1. The second-order valence-corrected chi connectivity index (χ2v) is 8.42. The fourth-order valence-electron chi connectivity index (χ4n) is 3.63. The third-order valence-corrected chi connectivity index (χ3v) is 7.35. The van der Waals surface area contributed by atoms with E-state index in [2.05, 4.69) is 10.9 Å². The molecule has 1 aromatic carbocycles. The Hall–Kier alpha value is -1.28. The fourth-order valence-corrected chi connectivity index (χ4v) is 6.05. The van der Waals surface area contributed by atoms with E-state index >= 15 is 0 Å². The number of Topliss-reactive ketones (excluding diaryl/α,β-unsaturated/α-hetero) is 1. The Morgan fingerprint density at radius 2 is 1.74 bits per heavy atom. The van der Waals surface area contributed by atoms with Crippen LogP contribution in [0.15, 0.2) is 30.3 Å². The number of nitrogens with one attached hydrogen (secondary N) is 2. The smallest absolute Gasteiger partial charge is 0.220 e. The summed E-state index contributed by atoms with van der Waals surface area (Å²) in [5.41, 5.74) is 6.54. The molecule has 2 N–H and O–H groups in total. The molecule has 0 aliphatic carbocycles. The molecule has 23 heavy (non-hydrogen) atoms. The van der Waals surface area contributed by atoms with Crippen molar-refractivity contribution < 1.29 is 13.2 Å². The van der Waals surface area contributed by atoms with E-state index in [1.165, 1.54) is 4.31 Å². The van der Waals surface area contributed by atoms with Crippen LogP contribution in [0.4, 0.5) is 0 Å². The number of rotatable bonds is 4. The van der Waals surface area contributed by atoms with Gasteiger partial charge in [0.2, 0.25) is 10.0 Å². The van der Waals surface area contributed by atoms with Crippen LogP contribution in [-0.2, 0) is 10.0 Å². The van der Waals surface area contributed by atoms with Crippen molar-refractivity contribution in [2.75, 3.05) is 6.54 Å². The molecule has 2 aliphatic heterocycles. The van der Waals surface area contributed by atoms with Crippen LogP contribution in [0.5, 0.6) is 0 Å². The summed E-state index contributed by atoms with van der Waals surface area (Å²) in [5, 5.41) is -0.563. The normalized spacial score (nSPS) is 32.3. The lowest BCUT2D eigenvalue weighted by atomic mass is 10.0. The second kappa shape index (κ2) is 6.32. The maximum atomic E-state index is 13.1. The molecular weight excluding hydrogens is 314 g/mol. The summed E-state index contributed by atoms with van der Waals surface area (Å²) in [7, 11) is -3.55. The molecule has 0 bridgehead atoms. The first-order valence-corrected chi connectivity index (χ1v) is 9.54. The summed E-state index contributed by atoms with van der Waals surface area (Å²) in [6, 6.07) is 7.98. The second-order valence-electron chi connectivity index (χ2n) is 6.37. The quantitative estimate of drug-likeness (QED) is 0.799. The van der Waals surface area contributed by atoms with Crippen molar-refractivity contribution in [3.8, 4) is 0 Å². The van der Waals surface area contributed by atoms with Gasteiger partial charge in [-0.3, -0.25) is 15.6 Å². The van der Waals surface area contributed by atoms with E-state index in [0.717, 1.165) is 6.42 Å². The lowest BCUT2D eigenvalue weighted by Crippen LogP contribution is -2.50. The third-order valence-electron chi connectivity index (χ3n) is 4.76. The molecule has 2 saturated heterocycles.